The minimum atomic E-state index is -0.279. The van der Waals surface area contributed by atoms with Gasteiger partial charge >= 0.3 is 0 Å². The quantitative estimate of drug-likeness (QED) is 0.376. The number of amides is 1. The minimum Gasteiger partial charge on any atom is -0.484 e. The Morgan fingerprint density at radius 3 is 2.48 bits per heavy atom. The van der Waals surface area contributed by atoms with E-state index < -0.39 is 0 Å². The lowest BCUT2D eigenvalue weighted by atomic mass is 10.1. The molecular weight excluding hydrogens is 418 g/mol. The van der Waals surface area contributed by atoms with Gasteiger partial charge < -0.3 is 19.2 Å². The number of ether oxygens (including phenoxy) is 2. The first-order chi connectivity index (χ1) is 16.1. The Balaban J connectivity index is 1.44. The van der Waals surface area contributed by atoms with Crippen molar-refractivity contribution in [1.82, 2.24) is 0 Å². The monoisotopic (exact) mass is 443 g/mol. The van der Waals surface area contributed by atoms with Gasteiger partial charge in [-0.15, -0.1) is 0 Å². The van der Waals surface area contributed by atoms with Crippen molar-refractivity contribution >= 4 is 22.6 Å². The Kier molecular flexibility index (Phi) is 6.74. The zero-order chi connectivity index (χ0) is 23.2. The summed E-state index contributed by atoms with van der Waals surface area (Å²) >= 11 is 0. The molecule has 0 bridgehead atoms. The summed E-state index contributed by atoms with van der Waals surface area (Å²) < 4.78 is 17.0. The number of benzene rings is 3. The first-order valence-electron chi connectivity index (χ1n) is 10.9. The smallest absolute Gasteiger partial charge is 0.262 e. The van der Waals surface area contributed by atoms with Crippen molar-refractivity contribution in [2.45, 2.75) is 26.7 Å². The molecule has 0 radical (unpaired) electrons. The van der Waals surface area contributed by atoms with Crippen LogP contribution in [0.5, 0.6) is 17.2 Å². The number of para-hydroxylation sites is 1. The van der Waals surface area contributed by atoms with Gasteiger partial charge in [0.05, 0.1) is 5.39 Å². The largest absolute Gasteiger partial charge is 0.484 e. The fraction of sp³-hybridized carbons (Fsp3) is 0.185. The Morgan fingerprint density at radius 1 is 0.939 bits per heavy atom. The van der Waals surface area contributed by atoms with E-state index in [0.29, 0.717) is 28.2 Å². The van der Waals surface area contributed by atoms with Gasteiger partial charge in [-0.3, -0.25) is 9.59 Å². The molecule has 0 unspecified atom stereocenters. The minimum absolute atomic E-state index is 0.116. The second-order valence-electron chi connectivity index (χ2n) is 7.54. The van der Waals surface area contributed by atoms with Crippen molar-refractivity contribution < 1.29 is 18.7 Å². The van der Waals surface area contributed by atoms with E-state index in [4.69, 9.17) is 13.9 Å². The van der Waals surface area contributed by atoms with Crippen molar-refractivity contribution in [3.8, 4) is 17.2 Å². The highest BCUT2D eigenvalue weighted by Crippen LogP contribution is 2.26. The van der Waals surface area contributed by atoms with E-state index in [0.717, 1.165) is 18.4 Å². The van der Waals surface area contributed by atoms with Gasteiger partial charge in [0.2, 0.25) is 11.2 Å². The number of anilines is 1. The lowest BCUT2D eigenvalue weighted by Crippen LogP contribution is -2.20. The molecule has 4 aromatic rings. The first-order valence-corrected chi connectivity index (χ1v) is 10.9. The molecule has 0 atom stereocenters. The fourth-order valence-corrected chi connectivity index (χ4v) is 3.43. The van der Waals surface area contributed by atoms with Crippen LogP contribution in [-0.2, 0) is 17.6 Å². The molecule has 4 rings (SSSR count). The average molecular weight is 443 g/mol. The standard InChI is InChI=1S/C27H25NO5/c1-3-18-9-11-20(12-10-18)28-26(29)17-31-21-13-14-22-24(15-21)32-16-25(27(22)30)33-23-8-6-5-7-19(23)4-2/h5-16H,3-4,17H2,1-2H3,(H,28,29). The van der Waals surface area contributed by atoms with Crippen molar-refractivity contribution in [2.75, 3.05) is 11.9 Å². The number of rotatable bonds is 8. The van der Waals surface area contributed by atoms with Crippen LogP contribution < -0.4 is 20.2 Å². The van der Waals surface area contributed by atoms with E-state index >= 15 is 0 Å². The molecule has 1 aromatic heterocycles. The number of nitrogens with one attached hydrogen (secondary N) is 1. The molecule has 1 N–H and O–H groups in total. The van der Waals surface area contributed by atoms with Gasteiger partial charge in [0.1, 0.15) is 23.3 Å². The number of carbonyl (C=O) groups excluding carboxylic acids is 1. The van der Waals surface area contributed by atoms with E-state index in [1.165, 1.54) is 11.8 Å². The van der Waals surface area contributed by atoms with Crippen LogP contribution in [0, 0.1) is 0 Å². The Bertz CT molecular complexity index is 1320. The third-order valence-corrected chi connectivity index (χ3v) is 5.30. The van der Waals surface area contributed by atoms with Crippen LogP contribution in [0.4, 0.5) is 5.69 Å². The summed E-state index contributed by atoms with van der Waals surface area (Å²) in [5.41, 5.74) is 2.99. The Labute approximate surface area is 191 Å². The summed E-state index contributed by atoms with van der Waals surface area (Å²) in [6.07, 6.45) is 3.02. The maximum Gasteiger partial charge on any atom is 0.262 e. The summed E-state index contributed by atoms with van der Waals surface area (Å²) in [5.74, 6) is 0.888. The van der Waals surface area contributed by atoms with Gasteiger partial charge in [-0.25, -0.2) is 0 Å². The fourth-order valence-electron chi connectivity index (χ4n) is 3.43. The molecule has 3 aromatic carbocycles. The molecule has 0 spiro atoms. The molecule has 6 nitrogen and oxygen atoms in total. The first kappa shape index (κ1) is 22.1. The van der Waals surface area contributed by atoms with Crippen LogP contribution in [0.1, 0.15) is 25.0 Å². The number of hydrogen-bond acceptors (Lipinski definition) is 5. The Morgan fingerprint density at radius 2 is 1.73 bits per heavy atom. The molecule has 0 aliphatic rings. The molecule has 1 heterocycles. The second kappa shape index (κ2) is 10.0. The molecule has 0 saturated heterocycles. The molecule has 0 aliphatic heterocycles. The summed E-state index contributed by atoms with van der Waals surface area (Å²) in [7, 11) is 0. The maximum absolute atomic E-state index is 12.9. The molecule has 0 aliphatic carbocycles. The predicted molar refractivity (Wildman–Crippen MR) is 128 cm³/mol. The van der Waals surface area contributed by atoms with Crippen molar-refractivity contribution in [2.24, 2.45) is 0 Å². The van der Waals surface area contributed by atoms with Gasteiger partial charge in [-0.05, 0) is 54.3 Å². The molecule has 6 heteroatoms. The number of carbonyl (C=O) groups is 1. The lowest BCUT2D eigenvalue weighted by Gasteiger charge is -2.10. The van der Waals surface area contributed by atoms with Crippen LogP contribution in [0.25, 0.3) is 11.0 Å². The number of hydrogen-bond donors (Lipinski definition) is 1. The normalized spacial score (nSPS) is 10.7. The third-order valence-electron chi connectivity index (χ3n) is 5.30. The molecule has 0 saturated carbocycles. The Hall–Kier alpha value is -4.06. The highest BCUT2D eigenvalue weighted by Gasteiger charge is 2.12. The molecule has 168 valence electrons. The van der Waals surface area contributed by atoms with Gasteiger partial charge in [-0.2, -0.15) is 0 Å². The van der Waals surface area contributed by atoms with Crippen LogP contribution in [0.15, 0.2) is 82.2 Å². The number of fused-ring (bicyclic) bond motifs is 1. The SMILES string of the molecule is CCc1ccc(NC(=O)COc2ccc3c(=O)c(Oc4ccccc4CC)coc3c2)cc1. The van der Waals surface area contributed by atoms with Crippen molar-refractivity contribution in [3.05, 3.63) is 94.3 Å². The highest BCUT2D eigenvalue weighted by atomic mass is 16.5. The van der Waals surface area contributed by atoms with Gasteiger partial charge in [0.15, 0.2) is 6.61 Å². The highest BCUT2D eigenvalue weighted by molar-refractivity contribution is 5.92. The van der Waals surface area contributed by atoms with Gasteiger partial charge in [0.25, 0.3) is 5.91 Å². The lowest BCUT2D eigenvalue weighted by molar-refractivity contribution is -0.118. The van der Waals surface area contributed by atoms with Gasteiger partial charge in [-0.1, -0.05) is 44.2 Å². The zero-order valence-electron chi connectivity index (χ0n) is 18.6. The molecule has 1 amide bonds. The van der Waals surface area contributed by atoms with E-state index in [1.54, 1.807) is 18.2 Å². The summed E-state index contributed by atoms with van der Waals surface area (Å²) in [5, 5.41) is 3.17. The van der Waals surface area contributed by atoms with E-state index in [1.807, 2.05) is 55.5 Å². The topological polar surface area (TPSA) is 77.8 Å². The van der Waals surface area contributed by atoms with Crippen molar-refractivity contribution in [3.63, 3.8) is 0 Å². The van der Waals surface area contributed by atoms with E-state index in [-0.39, 0.29) is 23.7 Å². The number of aryl methyl sites for hydroxylation is 2. The van der Waals surface area contributed by atoms with E-state index in [9.17, 15) is 9.59 Å². The van der Waals surface area contributed by atoms with E-state index in [2.05, 4.69) is 12.2 Å². The third kappa shape index (κ3) is 5.23. The maximum atomic E-state index is 12.9. The summed E-state index contributed by atoms with van der Waals surface area (Å²) in [4.78, 5) is 25.1. The van der Waals surface area contributed by atoms with Gasteiger partial charge in [0, 0.05) is 11.8 Å². The zero-order valence-corrected chi connectivity index (χ0v) is 18.6. The van der Waals surface area contributed by atoms with Crippen LogP contribution >= 0.6 is 0 Å². The average Bonchev–Trinajstić information content (AvgIpc) is 2.85. The van der Waals surface area contributed by atoms with Crippen LogP contribution in [0.2, 0.25) is 0 Å². The summed E-state index contributed by atoms with van der Waals surface area (Å²) in [6, 6.07) is 20.1. The van der Waals surface area contributed by atoms with Crippen LogP contribution in [0.3, 0.4) is 0 Å². The molecule has 0 fully saturated rings. The predicted octanol–water partition coefficient (Wildman–Crippen LogP) is 5.73. The van der Waals surface area contributed by atoms with Crippen molar-refractivity contribution in [1.29, 1.82) is 0 Å². The summed E-state index contributed by atoms with van der Waals surface area (Å²) in [6.45, 7) is 3.93. The second-order valence-corrected chi connectivity index (χ2v) is 7.54. The molecular formula is C27H25NO5. The molecule has 33 heavy (non-hydrogen) atoms. The van der Waals surface area contributed by atoms with Crippen LogP contribution in [-0.4, -0.2) is 12.5 Å².